The lowest BCUT2D eigenvalue weighted by Crippen LogP contribution is -2.37. The number of methoxy groups -OCH3 is 1. The molecule has 0 atom stereocenters. The van der Waals surface area contributed by atoms with Gasteiger partial charge in [0.2, 0.25) is 0 Å². The normalized spacial score (nSPS) is 14.6. The van der Waals surface area contributed by atoms with Crippen molar-refractivity contribution in [3.05, 3.63) is 58.7 Å². The fourth-order valence-corrected chi connectivity index (χ4v) is 4.40. The van der Waals surface area contributed by atoms with Gasteiger partial charge in [-0.25, -0.2) is 0 Å². The molecule has 1 aromatic heterocycles. The number of primary amides is 1. The monoisotopic (exact) mass is 441 g/mol. The van der Waals surface area contributed by atoms with E-state index in [1.807, 2.05) is 17.0 Å². The number of rotatable bonds is 6. The van der Waals surface area contributed by atoms with Crippen molar-refractivity contribution in [1.82, 2.24) is 9.88 Å². The summed E-state index contributed by atoms with van der Waals surface area (Å²) >= 11 is 6.29. The minimum Gasteiger partial charge on any atom is -0.493 e. The standard InChI is InChI=1S/C23H24ClN3O4/c1-30-20-11-15(10-18(24)22(20)31-13-21(25)28)23(29)27-8-6-14(7-9-27)17-12-26-19-5-3-2-4-16(17)19/h2-5,10-12,14,26H,6-9,13H2,1H3,(H2,25,28). The second-order valence-electron chi connectivity index (χ2n) is 7.60. The van der Waals surface area contributed by atoms with Gasteiger partial charge in [-0.15, -0.1) is 0 Å². The Hall–Kier alpha value is -3.19. The molecule has 8 heteroatoms. The number of H-pyrrole nitrogens is 1. The number of hydrogen-bond acceptors (Lipinski definition) is 4. The Balaban J connectivity index is 1.47. The molecule has 1 aliphatic heterocycles. The van der Waals surface area contributed by atoms with E-state index in [-0.39, 0.29) is 29.0 Å². The molecule has 4 rings (SSSR count). The Morgan fingerprint density at radius 2 is 1.97 bits per heavy atom. The van der Waals surface area contributed by atoms with E-state index in [9.17, 15) is 9.59 Å². The number of carbonyl (C=O) groups is 2. The van der Waals surface area contributed by atoms with Crippen LogP contribution < -0.4 is 15.2 Å². The smallest absolute Gasteiger partial charge is 0.255 e. The van der Waals surface area contributed by atoms with Crippen molar-refractivity contribution < 1.29 is 19.1 Å². The van der Waals surface area contributed by atoms with E-state index in [0.717, 1.165) is 18.4 Å². The molecule has 3 aromatic rings. The molecular formula is C23H24ClN3O4. The zero-order valence-corrected chi connectivity index (χ0v) is 17.9. The van der Waals surface area contributed by atoms with E-state index in [0.29, 0.717) is 24.6 Å². The van der Waals surface area contributed by atoms with Gasteiger partial charge in [-0.3, -0.25) is 9.59 Å². The maximum absolute atomic E-state index is 13.1. The minimum absolute atomic E-state index is 0.112. The molecule has 2 heterocycles. The Kier molecular flexibility index (Phi) is 6.04. The van der Waals surface area contributed by atoms with Crippen molar-refractivity contribution in [2.75, 3.05) is 26.8 Å². The van der Waals surface area contributed by atoms with Crippen molar-refractivity contribution in [1.29, 1.82) is 0 Å². The average Bonchev–Trinajstić information content (AvgIpc) is 3.21. The number of ether oxygens (including phenoxy) is 2. The molecular weight excluding hydrogens is 418 g/mol. The quantitative estimate of drug-likeness (QED) is 0.609. The first-order chi connectivity index (χ1) is 15.0. The van der Waals surface area contributed by atoms with Crippen LogP contribution in [-0.4, -0.2) is 48.5 Å². The van der Waals surface area contributed by atoms with Crippen molar-refractivity contribution in [3.63, 3.8) is 0 Å². The predicted octanol–water partition coefficient (Wildman–Crippen LogP) is 3.71. The van der Waals surface area contributed by atoms with Crippen LogP contribution in [0.2, 0.25) is 5.02 Å². The third-order valence-corrected chi connectivity index (χ3v) is 5.96. The first kappa shape index (κ1) is 21.1. The fraction of sp³-hybridized carbons (Fsp3) is 0.304. The van der Waals surface area contributed by atoms with E-state index in [1.54, 1.807) is 6.07 Å². The summed E-state index contributed by atoms with van der Waals surface area (Å²) in [6.07, 6.45) is 3.86. The number of nitrogens with zero attached hydrogens (tertiary/aromatic N) is 1. The largest absolute Gasteiger partial charge is 0.493 e. The number of likely N-dealkylation sites (tertiary alicyclic amines) is 1. The predicted molar refractivity (Wildman–Crippen MR) is 119 cm³/mol. The van der Waals surface area contributed by atoms with Crippen LogP contribution in [-0.2, 0) is 4.79 Å². The third kappa shape index (κ3) is 4.32. The first-order valence-corrected chi connectivity index (χ1v) is 10.5. The van der Waals surface area contributed by atoms with Gasteiger partial charge in [-0.05, 0) is 42.5 Å². The van der Waals surface area contributed by atoms with Crippen LogP contribution in [0.3, 0.4) is 0 Å². The number of hydrogen-bond donors (Lipinski definition) is 2. The maximum Gasteiger partial charge on any atom is 0.255 e. The molecule has 3 N–H and O–H groups in total. The number of aromatic nitrogens is 1. The Morgan fingerprint density at radius 3 is 2.68 bits per heavy atom. The van der Waals surface area contributed by atoms with Crippen molar-refractivity contribution >= 4 is 34.3 Å². The van der Waals surface area contributed by atoms with Gasteiger partial charge < -0.3 is 25.1 Å². The van der Waals surface area contributed by atoms with Crippen LogP contribution >= 0.6 is 11.6 Å². The number of halogens is 1. The highest BCUT2D eigenvalue weighted by molar-refractivity contribution is 6.32. The third-order valence-electron chi connectivity index (χ3n) is 5.68. The summed E-state index contributed by atoms with van der Waals surface area (Å²) in [4.78, 5) is 29.3. The molecule has 31 heavy (non-hydrogen) atoms. The topological polar surface area (TPSA) is 97.7 Å². The molecule has 162 valence electrons. The lowest BCUT2D eigenvalue weighted by atomic mass is 9.89. The van der Waals surface area contributed by atoms with Gasteiger partial charge in [0.15, 0.2) is 18.1 Å². The molecule has 0 bridgehead atoms. The number of fused-ring (bicyclic) bond motifs is 1. The Labute approximate surface area is 185 Å². The highest BCUT2D eigenvalue weighted by atomic mass is 35.5. The SMILES string of the molecule is COc1cc(C(=O)N2CCC(c3c[nH]c4ccccc34)CC2)cc(Cl)c1OCC(N)=O. The van der Waals surface area contributed by atoms with Gasteiger partial charge in [-0.2, -0.15) is 0 Å². The highest BCUT2D eigenvalue weighted by Crippen LogP contribution is 2.38. The van der Waals surface area contributed by atoms with Crippen LogP contribution in [0, 0.1) is 0 Å². The minimum atomic E-state index is -0.628. The molecule has 7 nitrogen and oxygen atoms in total. The van der Waals surface area contributed by atoms with Gasteiger partial charge in [0.25, 0.3) is 11.8 Å². The van der Waals surface area contributed by atoms with Crippen molar-refractivity contribution in [3.8, 4) is 11.5 Å². The molecule has 0 aliphatic carbocycles. The highest BCUT2D eigenvalue weighted by Gasteiger charge is 2.27. The molecule has 2 aromatic carbocycles. The van der Waals surface area contributed by atoms with E-state index in [2.05, 4.69) is 23.3 Å². The Morgan fingerprint density at radius 1 is 1.23 bits per heavy atom. The van der Waals surface area contributed by atoms with E-state index < -0.39 is 5.91 Å². The summed E-state index contributed by atoms with van der Waals surface area (Å²) in [5.74, 6) is 0.140. The van der Waals surface area contributed by atoms with Gasteiger partial charge in [0.1, 0.15) is 0 Å². The van der Waals surface area contributed by atoms with E-state index >= 15 is 0 Å². The summed E-state index contributed by atoms with van der Waals surface area (Å²) in [6.45, 7) is 0.983. The van der Waals surface area contributed by atoms with Gasteiger partial charge >= 0.3 is 0 Å². The lowest BCUT2D eigenvalue weighted by Gasteiger charge is -2.32. The summed E-state index contributed by atoms with van der Waals surface area (Å²) in [5, 5.41) is 1.44. The number of nitrogens with two attached hydrogens (primary N) is 1. The lowest BCUT2D eigenvalue weighted by molar-refractivity contribution is -0.119. The molecule has 1 fully saturated rings. The summed E-state index contributed by atoms with van der Waals surface area (Å²) in [5.41, 5.74) is 7.98. The van der Waals surface area contributed by atoms with Crippen LogP contribution in [0.1, 0.15) is 34.7 Å². The van der Waals surface area contributed by atoms with E-state index in [4.69, 9.17) is 26.8 Å². The molecule has 0 unspecified atom stereocenters. The second kappa shape index (κ2) is 8.89. The number of benzene rings is 2. The first-order valence-electron chi connectivity index (χ1n) is 10.1. The van der Waals surface area contributed by atoms with Crippen LogP contribution in [0.25, 0.3) is 10.9 Å². The number of piperidine rings is 1. The number of carbonyl (C=O) groups excluding carboxylic acids is 2. The number of aromatic amines is 1. The van der Waals surface area contributed by atoms with E-state index in [1.165, 1.54) is 24.1 Å². The number of amides is 2. The summed E-state index contributed by atoms with van der Waals surface area (Å²) in [6, 6.07) is 11.4. The summed E-state index contributed by atoms with van der Waals surface area (Å²) < 4.78 is 10.6. The molecule has 0 spiro atoms. The van der Waals surface area contributed by atoms with Gasteiger partial charge in [0, 0.05) is 35.8 Å². The maximum atomic E-state index is 13.1. The zero-order valence-electron chi connectivity index (χ0n) is 17.2. The molecule has 1 saturated heterocycles. The molecule has 0 saturated carbocycles. The molecule has 1 aliphatic rings. The average molecular weight is 442 g/mol. The van der Waals surface area contributed by atoms with Crippen LogP contribution in [0.5, 0.6) is 11.5 Å². The Bertz CT molecular complexity index is 1120. The second-order valence-corrected chi connectivity index (χ2v) is 8.01. The zero-order chi connectivity index (χ0) is 22.0. The van der Waals surface area contributed by atoms with Gasteiger partial charge in [0.05, 0.1) is 12.1 Å². The summed E-state index contributed by atoms with van der Waals surface area (Å²) in [7, 11) is 1.45. The van der Waals surface area contributed by atoms with Crippen molar-refractivity contribution in [2.24, 2.45) is 5.73 Å². The number of para-hydroxylation sites is 1. The van der Waals surface area contributed by atoms with Crippen LogP contribution in [0.15, 0.2) is 42.6 Å². The van der Waals surface area contributed by atoms with Crippen molar-refractivity contribution in [2.45, 2.75) is 18.8 Å². The molecule has 0 radical (unpaired) electrons. The molecule has 2 amide bonds. The van der Waals surface area contributed by atoms with Crippen LogP contribution in [0.4, 0.5) is 0 Å². The number of nitrogens with one attached hydrogen (secondary N) is 1. The van der Waals surface area contributed by atoms with Gasteiger partial charge in [-0.1, -0.05) is 29.8 Å². The fourth-order valence-electron chi connectivity index (χ4n) is 4.13.